The van der Waals surface area contributed by atoms with Gasteiger partial charge in [-0.1, -0.05) is 22.8 Å². The maximum absolute atomic E-state index is 12.5. The molecule has 2 aliphatic heterocycles. The molecule has 0 N–H and O–H groups in total. The largest absolute Gasteiger partial charge is 0.573 e. The van der Waals surface area contributed by atoms with Crippen LogP contribution in [0.2, 0.25) is 0 Å². The first-order valence-electron chi connectivity index (χ1n) is 8.86. The molecule has 0 bridgehead atoms. The molecule has 0 aliphatic carbocycles. The Bertz CT molecular complexity index is 1040. The number of ether oxygens (including phenoxy) is 1. The Morgan fingerprint density at radius 2 is 2.00 bits per heavy atom. The molecule has 1 aromatic carbocycles. The van der Waals surface area contributed by atoms with E-state index in [2.05, 4.69) is 19.9 Å². The number of allylic oxidation sites excluding steroid dienone is 2. The third-order valence-corrected chi connectivity index (χ3v) is 4.79. The van der Waals surface area contributed by atoms with Gasteiger partial charge in [0.2, 0.25) is 17.6 Å². The molecule has 0 spiro atoms. The van der Waals surface area contributed by atoms with Crippen molar-refractivity contribution in [3.05, 3.63) is 53.2 Å². The quantitative estimate of drug-likeness (QED) is 0.707. The van der Waals surface area contributed by atoms with Crippen molar-refractivity contribution in [3.8, 4) is 17.1 Å². The Morgan fingerprint density at radius 3 is 2.73 bits per heavy atom. The lowest BCUT2D eigenvalue weighted by Gasteiger charge is -2.17. The zero-order valence-electron chi connectivity index (χ0n) is 15.3. The van der Waals surface area contributed by atoms with Crippen LogP contribution in [0.4, 0.5) is 13.2 Å². The monoisotopic (exact) mass is 438 g/mol. The lowest BCUT2D eigenvalue weighted by atomic mass is 10.1. The number of aliphatic imine (C=N–C) groups is 1. The van der Waals surface area contributed by atoms with Gasteiger partial charge in [-0.15, -0.1) is 13.2 Å². The molecule has 0 saturated carbocycles. The first-order valence-corrected chi connectivity index (χ1v) is 9.24. The van der Waals surface area contributed by atoms with Gasteiger partial charge in [-0.2, -0.15) is 4.98 Å². The number of hydrogen-bond acceptors (Lipinski definition) is 6. The van der Waals surface area contributed by atoms with Crippen LogP contribution >= 0.6 is 11.6 Å². The van der Waals surface area contributed by atoms with Crippen molar-refractivity contribution < 1.29 is 27.2 Å². The zero-order valence-corrected chi connectivity index (χ0v) is 16.0. The van der Waals surface area contributed by atoms with Crippen LogP contribution in [0.15, 0.2) is 56.8 Å². The molecule has 4 rings (SSSR count). The molecule has 0 radical (unpaired) electrons. The fourth-order valence-corrected chi connectivity index (χ4v) is 3.29. The molecule has 2 aromatic rings. The molecule has 1 amide bonds. The molecular weight excluding hydrogens is 425 g/mol. The Labute approximate surface area is 173 Å². The lowest BCUT2D eigenvalue weighted by Crippen LogP contribution is -2.24. The van der Waals surface area contributed by atoms with Crippen LogP contribution in [0, 0.1) is 0 Å². The highest BCUT2D eigenvalue weighted by Gasteiger charge is 2.36. The number of carbonyl (C=O) groups is 1. The summed E-state index contributed by atoms with van der Waals surface area (Å²) in [5.74, 6) is -0.258. The molecule has 156 valence electrons. The van der Waals surface area contributed by atoms with Crippen molar-refractivity contribution >= 4 is 23.7 Å². The first-order chi connectivity index (χ1) is 14.3. The predicted molar refractivity (Wildman–Crippen MR) is 101 cm³/mol. The third kappa shape index (κ3) is 4.54. The maximum Gasteiger partial charge on any atom is 0.573 e. The number of aromatic nitrogens is 2. The normalized spacial score (nSPS) is 19.5. The number of alkyl halides is 3. The number of halogens is 4. The SMILES string of the molecule is O=C1CC(c2nc(-c3ccc(OC(F)(F)F)cc3)no2)CN1C1=CN=CC(Cl)=CC1. The molecule has 3 heterocycles. The summed E-state index contributed by atoms with van der Waals surface area (Å²) < 4.78 is 45.9. The summed E-state index contributed by atoms with van der Waals surface area (Å²) in [7, 11) is 0. The van der Waals surface area contributed by atoms with Crippen LogP contribution in [0.5, 0.6) is 5.75 Å². The van der Waals surface area contributed by atoms with Crippen molar-refractivity contribution in [1.82, 2.24) is 15.0 Å². The van der Waals surface area contributed by atoms with Crippen molar-refractivity contribution in [2.75, 3.05) is 6.54 Å². The maximum atomic E-state index is 12.5. The fraction of sp³-hybridized carbons (Fsp3) is 0.263. The standard InChI is InChI=1S/C19H14ClF3N4O3/c20-13-3-4-14(9-24-8-13)27-10-12(7-16(27)28)18-25-17(26-30-18)11-1-5-15(6-2-11)29-19(21,22)23/h1-3,5-6,8-9,12H,4,7,10H2. The van der Waals surface area contributed by atoms with E-state index in [-0.39, 0.29) is 35.7 Å². The highest BCUT2D eigenvalue weighted by Crippen LogP contribution is 2.33. The average molecular weight is 439 g/mol. The molecule has 30 heavy (non-hydrogen) atoms. The fourth-order valence-electron chi connectivity index (χ4n) is 3.16. The summed E-state index contributed by atoms with van der Waals surface area (Å²) in [6.07, 6.45) is 0.761. The molecule has 2 aliphatic rings. The second kappa shape index (κ2) is 7.94. The number of nitrogens with zero attached hydrogens (tertiary/aromatic N) is 4. The molecular formula is C19H14ClF3N4O3. The van der Waals surface area contributed by atoms with E-state index in [4.69, 9.17) is 16.1 Å². The van der Waals surface area contributed by atoms with E-state index in [1.807, 2.05) is 0 Å². The number of hydrogen-bond donors (Lipinski definition) is 0. The average Bonchev–Trinajstić information content (AvgIpc) is 3.25. The molecule has 11 heteroatoms. The van der Waals surface area contributed by atoms with E-state index in [9.17, 15) is 18.0 Å². The van der Waals surface area contributed by atoms with Gasteiger partial charge < -0.3 is 14.2 Å². The van der Waals surface area contributed by atoms with Crippen LogP contribution in [0.25, 0.3) is 11.4 Å². The van der Waals surface area contributed by atoms with Gasteiger partial charge in [-0.3, -0.25) is 9.79 Å². The molecule has 1 unspecified atom stereocenters. The predicted octanol–water partition coefficient (Wildman–Crippen LogP) is 4.39. The van der Waals surface area contributed by atoms with Gasteiger partial charge >= 0.3 is 6.36 Å². The summed E-state index contributed by atoms with van der Waals surface area (Å²) in [5.41, 5.74) is 1.18. The van der Waals surface area contributed by atoms with Crippen molar-refractivity contribution in [3.63, 3.8) is 0 Å². The highest BCUT2D eigenvalue weighted by atomic mass is 35.5. The van der Waals surface area contributed by atoms with Gasteiger partial charge in [-0.25, -0.2) is 0 Å². The molecule has 1 saturated heterocycles. The van der Waals surface area contributed by atoms with Crippen molar-refractivity contribution in [2.24, 2.45) is 4.99 Å². The second-order valence-electron chi connectivity index (χ2n) is 6.63. The smallest absolute Gasteiger partial charge is 0.406 e. The van der Waals surface area contributed by atoms with E-state index < -0.39 is 6.36 Å². The van der Waals surface area contributed by atoms with E-state index >= 15 is 0 Å². The number of amides is 1. The van der Waals surface area contributed by atoms with Crippen molar-refractivity contribution in [2.45, 2.75) is 25.1 Å². The van der Waals surface area contributed by atoms with Gasteiger partial charge in [0, 0.05) is 43.1 Å². The zero-order chi connectivity index (χ0) is 21.3. The number of carbonyl (C=O) groups excluding carboxylic acids is 1. The summed E-state index contributed by atoms with van der Waals surface area (Å²) in [6.45, 7) is 0.353. The number of rotatable bonds is 4. The number of likely N-dealkylation sites (tertiary alicyclic amines) is 1. The minimum absolute atomic E-state index is 0.0960. The Kier molecular flexibility index (Phi) is 5.33. The Hall–Kier alpha value is -3.14. The Balaban J connectivity index is 1.46. The van der Waals surface area contributed by atoms with E-state index in [1.165, 1.54) is 18.3 Å². The summed E-state index contributed by atoms with van der Waals surface area (Å²) in [6, 6.07) is 5.12. The Morgan fingerprint density at radius 1 is 1.23 bits per heavy atom. The van der Waals surface area contributed by atoms with Gasteiger partial charge in [-0.05, 0) is 24.3 Å². The topological polar surface area (TPSA) is 80.8 Å². The van der Waals surface area contributed by atoms with Crippen LogP contribution in [0.3, 0.4) is 0 Å². The van der Waals surface area contributed by atoms with E-state index in [0.29, 0.717) is 23.6 Å². The molecule has 7 nitrogen and oxygen atoms in total. The summed E-state index contributed by atoms with van der Waals surface area (Å²) >= 11 is 5.93. The molecule has 1 atom stereocenters. The van der Waals surface area contributed by atoms with Crippen LogP contribution in [-0.2, 0) is 4.79 Å². The summed E-state index contributed by atoms with van der Waals surface area (Å²) in [5, 5.41) is 4.38. The lowest BCUT2D eigenvalue weighted by molar-refractivity contribution is -0.274. The van der Waals surface area contributed by atoms with Gasteiger partial charge in [0.05, 0.1) is 11.0 Å². The summed E-state index contributed by atoms with van der Waals surface area (Å²) in [4.78, 5) is 22.5. The van der Waals surface area contributed by atoms with E-state index in [0.717, 1.165) is 17.8 Å². The van der Waals surface area contributed by atoms with E-state index in [1.54, 1.807) is 17.2 Å². The third-order valence-electron chi connectivity index (χ3n) is 4.54. The van der Waals surface area contributed by atoms with Crippen LogP contribution in [-0.4, -0.2) is 40.1 Å². The van der Waals surface area contributed by atoms with Gasteiger partial charge in [0.15, 0.2) is 0 Å². The van der Waals surface area contributed by atoms with Crippen LogP contribution in [0.1, 0.15) is 24.7 Å². The van der Waals surface area contributed by atoms with Crippen LogP contribution < -0.4 is 4.74 Å². The highest BCUT2D eigenvalue weighted by molar-refractivity contribution is 6.39. The minimum Gasteiger partial charge on any atom is -0.406 e. The second-order valence-corrected chi connectivity index (χ2v) is 7.06. The molecule has 1 aromatic heterocycles. The van der Waals surface area contributed by atoms with Crippen molar-refractivity contribution in [1.29, 1.82) is 0 Å². The number of benzene rings is 1. The molecule has 1 fully saturated rings. The van der Waals surface area contributed by atoms with Gasteiger partial charge in [0.25, 0.3) is 0 Å². The first kappa shape index (κ1) is 20.1. The van der Waals surface area contributed by atoms with Gasteiger partial charge in [0.1, 0.15) is 5.75 Å². The minimum atomic E-state index is -4.76.